The van der Waals surface area contributed by atoms with Gasteiger partial charge in [0.15, 0.2) is 17.7 Å². The van der Waals surface area contributed by atoms with Crippen LogP contribution in [0.25, 0.3) is 0 Å². The summed E-state index contributed by atoms with van der Waals surface area (Å²) in [5.41, 5.74) is 2.05. The van der Waals surface area contributed by atoms with E-state index in [-0.39, 0.29) is 29.7 Å². The normalized spacial score (nSPS) is 16.2. The summed E-state index contributed by atoms with van der Waals surface area (Å²) < 4.78 is 35.8. The third-order valence-electron chi connectivity index (χ3n) is 6.02. The zero-order valence-corrected chi connectivity index (χ0v) is 20.3. The van der Waals surface area contributed by atoms with Crippen molar-refractivity contribution in [2.75, 3.05) is 7.11 Å². The van der Waals surface area contributed by atoms with Gasteiger partial charge in [0.25, 0.3) is 5.91 Å². The minimum atomic E-state index is -3.04. The Labute approximate surface area is 212 Å². The number of nitrogens with zero attached hydrogens (tertiary/aromatic N) is 3. The first-order valence-electron chi connectivity index (χ1n) is 11.7. The number of nitrogens with one attached hydrogen (secondary N) is 1. The van der Waals surface area contributed by atoms with Gasteiger partial charge in [-0.05, 0) is 42.3 Å². The van der Waals surface area contributed by atoms with E-state index in [1.807, 2.05) is 13.0 Å². The fraction of sp³-hybridized carbons (Fsp3) is 0.259. The van der Waals surface area contributed by atoms with Crippen LogP contribution in [0.3, 0.4) is 0 Å². The van der Waals surface area contributed by atoms with E-state index in [0.29, 0.717) is 28.8 Å². The van der Waals surface area contributed by atoms with E-state index in [0.717, 1.165) is 0 Å². The molecule has 2 amide bonds. The number of carbonyl (C=O) groups excluding carboxylic acids is 2. The van der Waals surface area contributed by atoms with Gasteiger partial charge in [0.2, 0.25) is 5.91 Å². The summed E-state index contributed by atoms with van der Waals surface area (Å²) in [7, 11) is 1.36. The lowest BCUT2D eigenvalue weighted by molar-refractivity contribution is -0.135. The molecule has 2 unspecified atom stereocenters. The van der Waals surface area contributed by atoms with E-state index in [4.69, 9.17) is 4.74 Å². The standard InChI is InChI=1S/C27H26F2N4O4/c1-3-17-16-23(34)33(32-24(17)20-9-10-21(36-2)22(15-20)37-27(28)29)25(18-7-5-4-6-8-18)31-26(35)19-11-13-30-14-12-19/h4-15,17,25,27H,3,16H2,1-2H3,(H,31,35). The fourth-order valence-corrected chi connectivity index (χ4v) is 4.14. The van der Waals surface area contributed by atoms with E-state index >= 15 is 0 Å². The van der Waals surface area contributed by atoms with Gasteiger partial charge in [-0.15, -0.1) is 0 Å². The predicted molar refractivity (Wildman–Crippen MR) is 132 cm³/mol. The first-order valence-corrected chi connectivity index (χ1v) is 11.7. The van der Waals surface area contributed by atoms with E-state index in [9.17, 15) is 18.4 Å². The van der Waals surface area contributed by atoms with Crippen LogP contribution in [0.4, 0.5) is 8.78 Å². The number of amides is 2. The van der Waals surface area contributed by atoms with Crippen molar-refractivity contribution in [1.82, 2.24) is 15.3 Å². The quantitative estimate of drug-likeness (QED) is 0.449. The van der Waals surface area contributed by atoms with Gasteiger partial charge in [-0.2, -0.15) is 13.9 Å². The van der Waals surface area contributed by atoms with Gasteiger partial charge in [0.05, 0.1) is 12.8 Å². The Morgan fingerprint density at radius 1 is 1.11 bits per heavy atom. The smallest absolute Gasteiger partial charge is 0.387 e. The number of rotatable bonds is 9. The topological polar surface area (TPSA) is 93.1 Å². The number of pyridine rings is 1. The molecule has 4 rings (SSSR count). The lowest BCUT2D eigenvalue weighted by Gasteiger charge is -2.35. The first-order chi connectivity index (χ1) is 17.9. The molecule has 0 aliphatic carbocycles. The molecule has 0 saturated heterocycles. The molecule has 0 radical (unpaired) electrons. The summed E-state index contributed by atoms with van der Waals surface area (Å²) in [6.45, 7) is -1.12. The Morgan fingerprint density at radius 3 is 2.49 bits per heavy atom. The van der Waals surface area contributed by atoms with E-state index in [1.54, 1.807) is 42.5 Å². The summed E-state index contributed by atoms with van der Waals surface area (Å²) in [5, 5.41) is 8.82. The number of hydrazone groups is 1. The second-order valence-electron chi connectivity index (χ2n) is 8.30. The Kier molecular flexibility index (Phi) is 8.07. The Hall–Kier alpha value is -4.34. The van der Waals surface area contributed by atoms with Crippen molar-refractivity contribution >= 4 is 17.5 Å². The summed E-state index contributed by atoms with van der Waals surface area (Å²) >= 11 is 0. The minimum Gasteiger partial charge on any atom is -0.493 e. The first kappa shape index (κ1) is 25.7. The van der Waals surface area contributed by atoms with Gasteiger partial charge in [0, 0.05) is 35.9 Å². The summed E-state index contributed by atoms with van der Waals surface area (Å²) in [5.74, 6) is -0.939. The van der Waals surface area contributed by atoms with Crippen molar-refractivity contribution in [2.24, 2.45) is 11.0 Å². The number of halogens is 2. The van der Waals surface area contributed by atoms with Gasteiger partial charge in [-0.3, -0.25) is 14.6 Å². The Balaban J connectivity index is 1.77. The minimum absolute atomic E-state index is 0.126. The van der Waals surface area contributed by atoms with Crippen LogP contribution in [0.2, 0.25) is 0 Å². The molecule has 37 heavy (non-hydrogen) atoms. The molecule has 1 aliphatic rings. The monoisotopic (exact) mass is 508 g/mol. The molecule has 2 heterocycles. The van der Waals surface area contributed by atoms with Crippen molar-refractivity contribution in [3.8, 4) is 11.5 Å². The van der Waals surface area contributed by atoms with Crippen LogP contribution in [0.1, 0.15) is 47.4 Å². The molecule has 0 saturated carbocycles. The van der Waals surface area contributed by atoms with Gasteiger partial charge in [-0.1, -0.05) is 37.3 Å². The van der Waals surface area contributed by atoms with Crippen molar-refractivity contribution in [2.45, 2.75) is 32.5 Å². The number of hydrogen-bond donors (Lipinski definition) is 1. The molecular weight excluding hydrogens is 482 g/mol. The molecule has 3 aromatic rings. The molecule has 2 aromatic carbocycles. The van der Waals surface area contributed by atoms with Gasteiger partial charge in [-0.25, -0.2) is 5.01 Å². The zero-order chi connectivity index (χ0) is 26.4. The van der Waals surface area contributed by atoms with Crippen LogP contribution in [-0.2, 0) is 4.79 Å². The number of benzene rings is 2. The van der Waals surface area contributed by atoms with Crippen LogP contribution < -0.4 is 14.8 Å². The van der Waals surface area contributed by atoms with E-state index < -0.39 is 18.7 Å². The van der Waals surface area contributed by atoms with Crippen LogP contribution in [0.5, 0.6) is 11.5 Å². The maximum absolute atomic E-state index is 13.3. The zero-order valence-electron chi connectivity index (χ0n) is 20.3. The lowest BCUT2D eigenvalue weighted by Crippen LogP contribution is -2.46. The molecule has 0 spiro atoms. The van der Waals surface area contributed by atoms with Gasteiger partial charge >= 0.3 is 6.61 Å². The number of ether oxygens (including phenoxy) is 2. The SMILES string of the molecule is CCC1CC(=O)N(C(NC(=O)c2ccncc2)c2ccccc2)N=C1c1ccc(OC)c(OC(F)F)c1. The Morgan fingerprint density at radius 2 is 1.84 bits per heavy atom. The second kappa shape index (κ2) is 11.6. The molecule has 1 aromatic heterocycles. The maximum Gasteiger partial charge on any atom is 0.387 e. The number of alkyl halides is 2. The maximum atomic E-state index is 13.3. The molecular formula is C27H26F2N4O4. The number of carbonyl (C=O) groups is 2. The summed E-state index contributed by atoms with van der Waals surface area (Å²) in [4.78, 5) is 30.3. The van der Waals surface area contributed by atoms with Crippen LogP contribution in [0, 0.1) is 5.92 Å². The van der Waals surface area contributed by atoms with Crippen molar-refractivity contribution < 1.29 is 27.8 Å². The third-order valence-corrected chi connectivity index (χ3v) is 6.02. The highest BCUT2D eigenvalue weighted by Gasteiger charge is 2.35. The van der Waals surface area contributed by atoms with Crippen molar-refractivity contribution in [3.63, 3.8) is 0 Å². The van der Waals surface area contributed by atoms with Gasteiger partial charge < -0.3 is 14.8 Å². The highest BCUT2D eigenvalue weighted by Crippen LogP contribution is 2.34. The molecule has 8 nitrogen and oxygen atoms in total. The highest BCUT2D eigenvalue weighted by atomic mass is 19.3. The Bertz CT molecular complexity index is 1270. The molecule has 192 valence electrons. The van der Waals surface area contributed by atoms with Crippen molar-refractivity contribution in [1.29, 1.82) is 0 Å². The average molecular weight is 509 g/mol. The molecule has 2 atom stereocenters. The average Bonchev–Trinajstić information content (AvgIpc) is 2.92. The largest absolute Gasteiger partial charge is 0.493 e. The molecule has 10 heteroatoms. The molecule has 0 fully saturated rings. The van der Waals surface area contributed by atoms with E-state index in [2.05, 4.69) is 20.1 Å². The van der Waals surface area contributed by atoms with Gasteiger partial charge in [0.1, 0.15) is 0 Å². The number of hydrogen-bond acceptors (Lipinski definition) is 6. The molecule has 1 aliphatic heterocycles. The van der Waals surface area contributed by atoms with Crippen LogP contribution in [0.15, 0.2) is 78.2 Å². The highest BCUT2D eigenvalue weighted by molar-refractivity contribution is 6.06. The number of methoxy groups -OCH3 is 1. The second-order valence-corrected chi connectivity index (χ2v) is 8.30. The predicted octanol–water partition coefficient (Wildman–Crippen LogP) is 4.78. The lowest BCUT2D eigenvalue weighted by atomic mass is 9.89. The number of aromatic nitrogens is 1. The van der Waals surface area contributed by atoms with Crippen molar-refractivity contribution in [3.05, 3.63) is 89.7 Å². The van der Waals surface area contributed by atoms with Crippen LogP contribution >= 0.6 is 0 Å². The molecule has 0 bridgehead atoms. The molecule has 1 N–H and O–H groups in total. The summed E-state index contributed by atoms with van der Waals surface area (Å²) in [6.07, 6.45) is 2.82. The third kappa shape index (κ3) is 5.91. The van der Waals surface area contributed by atoms with E-state index in [1.165, 1.54) is 36.6 Å². The fourth-order valence-electron chi connectivity index (χ4n) is 4.14. The van der Waals surface area contributed by atoms with Crippen LogP contribution in [-0.4, -0.2) is 41.2 Å². The summed E-state index contributed by atoms with van der Waals surface area (Å²) in [6, 6.07) is 16.8.